The van der Waals surface area contributed by atoms with Crippen LogP contribution >= 0.6 is 0 Å². The van der Waals surface area contributed by atoms with Gasteiger partial charge < -0.3 is 9.64 Å². The maximum Gasteiger partial charge on any atom is 0.270 e. The second-order valence-electron chi connectivity index (χ2n) is 6.79. The Morgan fingerprint density at radius 2 is 2.00 bits per heavy atom. The van der Waals surface area contributed by atoms with Crippen LogP contribution in [0.15, 0.2) is 53.6 Å². The van der Waals surface area contributed by atoms with Crippen LogP contribution in [-0.4, -0.2) is 33.8 Å². The average molecular weight is 363 g/mol. The molecule has 6 nitrogen and oxygen atoms in total. The zero-order valence-corrected chi connectivity index (χ0v) is 15.4. The highest BCUT2D eigenvalue weighted by atomic mass is 16.5. The van der Waals surface area contributed by atoms with Gasteiger partial charge in [-0.3, -0.25) is 14.0 Å². The summed E-state index contributed by atoms with van der Waals surface area (Å²) >= 11 is 0. The molecule has 4 rings (SSSR count). The first-order chi connectivity index (χ1) is 13.1. The summed E-state index contributed by atoms with van der Waals surface area (Å²) in [5, 5.41) is 0. The van der Waals surface area contributed by atoms with Crippen LogP contribution in [0.4, 0.5) is 0 Å². The lowest BCUT2D eigenvalue weighted by Gasteiger charge is -2.25. The molecule has 3 heterocycles. The van der Waals surface area contributed by atoms with Gasteiger partial charge in [0.1, 0.15) is 17.0 Å². The molecule has 0 saturated carbocycles. The molecule has 3 aromatic rings. The predicted octanol–water partition coefficient (Wildman–Crippen LogP) is 2.99. The van der Waals surface area contributed by atoms with E-state index >= 15 is 0 Å². The summed E-state index contributed by atoms with van der Waals surface area (Å²) in [6, 6.07) is 11.4. The minimum atomic E-state index is -0.325. The van der Waals surface area contributed by atoms with Crippen LogP contribution < -0.4 is 10.3 Å². The summed E-state index contributed by atoms with van der Waals surface area (Å²) in [6.07, 6.45) is 4.85. The number of carbonyl (C=O) groups excluding carboxylic acids is 1. The fourth-order valence-electron chi connectivity index (χ4n) is 3.73. The Morgan fingerprint density at radius 1 is 1.22 bits per heavy atom. The van der Waals surface area contributed by atoms with Gasteiger partial charge in [0.25, 0.3) is 11.5 Å². The summed E-state index contributed by atoms with van der Waals surface area (Å²) in [6.45, 7) is 2.52. The smallest absolute Gasteiger partial charge is 0.270 e. The number of fused-ring (bicyclic) bond motifs is 1. The normalized spacial score (nSPS) is 16.7. The zero-order chi connectivity index (χ0) is 19.0. The van der Waals surface area contributed by atoms with Crippen molar-refractivity contribution < 1.29 is 9.53 Å². The van der Waals surface area contributed by atoms with Crippen LogP contribution in [0.1, 0.15) is 40.4 Å². The summed E-state index contributed by atoms with van der Waals surface area (Å²) < 4.78 is 6.65. The number of methoxy groups -OCH3 is 1. The third-order valence-corrected chi connectivity index (χ3v) is 5.17. The number of likely N-dealkylation sites (tertiary alicyclic amines) is 1. The van der Waals surface area contributed by atoms with Gasteiger partial charge >= 0.3 is 0 Å². The number of amides is 1. The highest BCUT2D eigenvalue weighted by Crippen LogP contribution is 2.33. The lowest BCUT2D eigenvalue weighted by atomic mass is 10.0. The molecule has 1 amide bonds. The zero-order valence-electron chi connectivity index (χ0n) is 15.4. The van der Waals surface area contributed by atoms with Crippen LogP contribution in [0, 0.1) is 6.92 Å². The summed E-state index contributed by atoms with van der Waals surface area (Å²) in [5.74, 6) is 0.517. The van der Waals surface area contributed by atoms with E-state index in [1.807, 2.05) is 37.3 Å². The van der Waals surface area contributed by atoms with Crippen LogP contribution in [0.5, 0.6) is 5.75 Å². The minimum Gasteiger partial charge on any atom is -0.497 e. The second kappa shape index (κ2) is 6.87. The molecule has 27 heavy (non-hydrogen) atoms. The van der Waals surface area contributed by atoms with Gasteiger partial charge in [0, 0.05) is 18.9 Å². The Balaban J connectivity index is 1.70. The number of pyridine rings is 1. The lowest BCUT2D eigenvalue weighted by Crippen LogP contribution is -2.35. The van der Waals surface area contributed by atoms with E-state index in [4.69, 9.17) is 4.74 Å². The lowest BCUT2D eigenvalue weighted by molar-refractivity contribution is 0.0733. The first-order valence-corrected chi connectivity index (χ1v) is 9.02. The molecular weight excluding hydrogens is 342 g/mol. The Bertz CT molecular complexity index is 1060. The van der Waals surface area contributed by atoms with Gasteiger partial charge in [0.05, 0.1) is 13.2 Å². The summed E-state index contributed by atoms with van der Waals surface area (Å²) in [7, 11) is 1.63. The number of aromatic nitrogens is 2. The van der Waals surface area contributed by atoms with Crippen molar-refractivity contribution in [1.29, 1.82) is 0 Å². The van der Waals surface area contributed by atoms with Crippen LogP contribution in [-0.2, 0) is 0 Å². The SMILES string of the molecule is COc1ccc([C@@H]2CCCN2C(=O)c2cnc3c(C)cccn3c2=O)cc1. The van der Waals surface area contributed by atoms with Crippen molar-refractivity contribution in [2.75, 3.05) is 13.7 Å². The molecule has 0 aliphatic carbocycles. The number of hydrogen-bond donors (Lipinski definition) is 0. The van der Waals surface area contributed by atoms with E-state index in [1.165, 1.54) is 10.6 Å². The standard InChI is InChI=1S/C21H21N3O3/c1-14-5-3-12-24-19(14)22-13-17(21(24)26)20(25)23-11-4-6-18(23)15-7-9-16(27-2)10-8-15/h3,5,7-10,12-13,18H,4,6,11H2,1-2H3/t18-/m0/s1. The number of carbonyl (C=O) groups is 1. The van der Waals surface area contributed by atoms with Gasteiger partial charge in [-0.2, -0.15) is 0 Å². The number of hydrogen-bond acceptors (Lipinski definition) is 4. The summed E-state index contributed by atoms with van der Waals surface area (Å²) in [5.41, 5.74) is 2.30. The van der Waals surface area contributed by atoms with E-state index in [1.54, 1.807) is 24.3 Å². The molecule has 1 aliphatic heterocycles. The molecule has 1 aliphatic rings. The average Bonchev–Trinajstić information content (AvgIpc) is 3.18. The van der Waals surface area contributed by atoms with E-state index in [9.17, 15) is 9.59 Å². The molecule has 2 aromatic heterocycles. The molecule has 138 valence electrons. The van der Waals surface area contributed by atoms with Crippen LogP contribution in [0.25, 0.3) is 5.65 Å². The number of nitrogens with zero attached hydrogens (tertiary/aromatic N) is 3. The van der Waals surface area contributed by atoms with Crippen molar-refractivity contribution in [3.8, 4) is 5.75 Å². The number of aryl methyl sites for hydroxylation is 1. The fourth-order valence-corrected chi connectivity index (χ4v) is 3.73. The number of benzene rings is 1. The molecule has 0 N–H and O–H groups in total. The second-order valence-corrected chi connectivity index (χ2v) is 6.79. The molecule has 6 heteroatoms. The molecule has 1 atom stereocenters. The minimum absolute atomic E-state index is 0.0407. The van der Waals surface area contributed by atoms with Gasteiger partial charge in [-0.05, 0) is 49.1 Å². The topological polar surface area (TPSA) is 63.9 Å². The van der Waals surface area contributed by atoms with E-state index in [2.05, 4.69) is 4.98 Å². The molecule has 1 fully saturated rings. The highest BCUT2D eigenvalue weighted by Gasteiger charge is 2.32. The maximum atomic E-state index is 13.2. The monoisotopic (exact) mass is 363 g/mol. The van der Waals surface area contributed by atoms with Crippen molar-refractivity contribution in [2.24, 2.45) is 0 Å². The van der Waals surface area contributed by atoms with Gasteiger partial charge in [-0.25, -0.2) is 4.98 Å². The maximum absolute atomic E-state index is 13.2. The van der Waals surface area contributed by atoms with Gasteiger partial charge in [-0.15, -0.1) is 0 Å². The Kier molecular flexibility index (Phi) is 4.39. The fraction of sp³-hybridized carbons (Fsp3) is 0.286. The molecule has 1 aromatic carbocycles. The van der Waals surface area contributed by atoms with Gasteiger partial charge in [0.2, 0.25) is 0 Å². The molecule has 1 saturated heterocycles. The van der Waals surface area contributed by atoms with Gasteiger partial charge in [0.15, 0.2) is 0 Å². The van der Waals surface area contributed by atoms with Crippen molar-refractivity contribution in [3.05, 3.63) is 75.8 Å². The van der Waals surface area contributed by atoms with E-state index in [0.29, 0.717) is 12.2 Å². The molecule has 0 radical (unpaired) electrons. The van der Waals surface area contributed by atoms with Crippen molar-refractivity contribution >= 4 is 11.6 Å². The largest absolute Gasteiger partial charge is 0.497 e. The molecule has 0 bridgehead atoms. The Morgan fingerprint density at radius 3 is 2.74 bits per heavy atom. The molecule has 0 spiro atoms. The summed E-state index contributed by atoms with van der Waals surface area (Å²) in [4.78, 5) is 32.1. The third kappa shape index (κ3) is 2.97. The van der Waals surface area contributed by atoms with Crippen molar-refractivity contribution in [2.45, 2.75) is 25.8 Å². The molecule has 0 unspecified atom stereocenters. The van der Waals surface area contributed by atoms with E-state index in [0.717, 1.165) is 29.7 Å². The van der Waals surface area contributed by atoms with E-state index < -0.39 is 0 Å². The molecular formula is C21H21N3O3. The van der Waals surface area contributed by atoms with Gasteiger partial charge in [-0.1, -0.05) is 18.2 Å². The first kappa shape index (κ1) is 17.3. The van der Waals surface area contributed by atoms with Crippen LogP contribution in [0.2, 0.25) is 0 Å². The van der Waals surface area contributed by atoms with Crippen LogP contribution in [0.3, 0.4) is 0 Å². The Hall–Kier alpha value is -3.15. The predicted molar refractivity (Wildman–Crippen MR) is 102 cm³/mol. The third-order valence-electron chi connectivity index (χ3n) is 5.17. The number of ether oxygens (including phenoxy) is 1. The highest BCUT2D eigenvalue weighted by molar-refractivity contribution is 5.94. The van der Waals surface area contributed by atoms with E-state index in [-0.39, 0.29) is 23.1 Å². The Labute approximate surface area is 157 Å². The quantitative estimate of drug-likeness (QED) is 0.718. The first-order valence-electron chi connectivity index (χ1n) is 9.02. The van der Waals surface area contributed by atoms with Crippen molar-refractivity contribution in [1.82, 2.24) is 14.3 Å². The van der Waals surface area contributed by atoms with Crippen molar-refractivity contribution in [3.63, 3.8) is 0 Å². The number of rotatable bonds is 3.